The number of hydrogen-bond acceptors (Lipinski definition) is 5. The number of carbonyl (C=O) groups excluding carboxylic acids is 2. The number of amides is 1. The summed E-state index contributed by atoms with van der Waals surface area (Å²) in [5.74, 6) is -1.16. The van der Waals surface area contributed by atoms with E-state index in [1.807, 2.05) is 12.1 Å². The van der Waals surface area contributed by atoms with Crippen molar-refractivity contribution >= 4 is 29.0 Å². The van der Waals surface area contributed by atoms with E-state index in [1.165, 1.54) is 14.0 Å². The first-order valence-corrected chi connectivity index (χ1v) is 10.5. The molecule has 1 saturated heterocycles. The van der Waals surface area contributed by atoms with E-state index in [0.29, 0.717) is 46.4 Å². The zero-order chi connectivity index (χ0) is 22.7. The average Bonchev–Trinajstić information content (AvgIpc) is 3.30. The number of halogens is 1. The van der Waals surface area contributed by atoms with Gasteiger partial charge in [-0.2, -0.15) is 0 Å². The van der Waals surface area contributed by atoms with Gasteiger partial charge in [0.2, 0.25) is 11.7 Å². The molecular formula is C25H22ClNO5. The van der Waals surface area contributed by atoms with E-state index in [4.69, 9.17) is 25.8 Å². The molecule has 0 atom stereocenters. The maximum atomic E-state index is 13.5. The molecule has 1 fully saturated rings. The van der Waals surface area contributed by atoms with E-state index < -0.39 is 5.79 Å². The molecule has 0 unspecified atom stereocenters. The predicted octanol–water partition coefficient (Wildman–Crippen LogP) is 4.79. The molecule has 1 aliphatic heterocycles. The Bertz CT molecular complexity index is 1150. The van der Waals surface area contributed by atoms with Crippen LogP contribution in [0, 0.1) is 0 Å². The van der Waals surface area contributed by atoms with Crippen molar-refractivity contribution in [1.29, 1.82) is 0 Å². The van der Waals surface area contributed by atoms with E-state index in [1.54, 1.807) is 54.6 Å². The molecule has 7 heteroatoms. The number of carbonyl (C=O) groups is 2. The van der Waals surface area contributed by atoms with Crippen molar-refractivity contribution in [3.63, 3.8) is 0 Å². The minimum absolute atomic E-state index is 0.265. The van der Waals surface area contributed by atoms with Crippen LogP contribution < -0.4 is 10.1 Å². The highest BCUT2D eigenvalue weighted by atomic mass is 35.5. The Labute approximate surface area is 191 Å². The summed E-state index contributed by atoms with van der Waals surface area (Å²) in [7, 11) is 1.54. The van der Waals surface area contributed by atoms with Crippen molar-refractivity contribution in [3.05, 3.63) is 94.0 Å². The molecule has 3 aromatic carbocycles. The Kier molecular flexibility index (Phi) is 6.28. The van der Waals surface area contributed by atoms with Crippen LogP contribution in [0.4, 0.5) is 5.69 Å². The Balaban J connectivity index is 1.84. The van der Waals surface area contributed by atoms with Gasteiger partial charge in [-0.3, -0.25) is 9.59 Å². The summed E-state index contributed by atoms with van der Waals surface area (Å²) in [4.78, 5) is 25.2. The van der Waals surface area contributed by atoms with Gasteiger partial charge in [0, 0.05) is 34.2 Å². The third kappa shape index (κ3) is 4.25. The van der Waals surface area contributed by atoms with Crippen LogP contribution >= 0.6 is 11.6 Å². The lowest BCUT2D eigenvalue weighted by Crippen LogP contribution is -2.29. The highest BCUT2D eigenvalue weighted by Gasteiger charge is 2.41. The maximum Gasteiger partial charge on any atom is 0.222 e. The van der Waals surface area contributed by atoms with Gasteiger partial charge in [0.15, 0.2) is 5.78 Å². The number of hydrogen-bond donors (Lipinski definition) is 1. The second-order valence-corrected chi connectivity index (χ2v) is 7.76. The molecule has 0 aliphatic carbocycles. The van der Waals surface area contributed by atoms with Crippen LogP contribution in [0.25, 0.3) is 0 Å². The summed E-state index contributed by atoms with van der Waals surface area (Å²) < 4.78 is 17.4. The van der Waals surface area contributed by atoms with Crippen molar-refractivity contribution < 1.29 is 23.8 Å². The topological polar surface area (TPSA) is 73.9 Å². The quantitative estimate of drug-likeness (QED) is 0.546. The molecule has 1 amide bonds. The van der Waals surface area contributed by atoms with Gasteiger partial charge >= 0.3 is 0 Å². The van der Waals surface area contributed by atoms with Gasteiger partial charge in [-0.25, -0.2) is 0 Å². The van der Waals surface area contributed by atoms with Crippen molar-refractivity contribution in [2.45, 2.75) is 12.7 Å². The molecule has 1 heterocycles. The van der Waals surface area contributed by atoms with Crippen LogP contribution in [0.15, 0.2) is 66.7 Å². The number of ketones is 1. The number of ether oxygens (including phenoxy) is 3. The minimum atomic E-state index is -1.18. The molecule has 164 valence electrons. The van der Waals surface area contributed by atoms with Crippen LogP contribution in [-0.2, 0) is 20.1 Å². The monoisotopic (exact) mass is 451 g/mol. The second kappa shape index (κ2) is 9.12. The Hall–Kier alpha value is -3.19. The lowest BCUT2D eigenvalue weighted by atomic mass is 9.92. The summed E-state index contributed by atoms with van der Waals surface area (Å²) in [5.41, 5.74) is 2.54. The molecule has 4 rings (SSSR count). The fourth-order valence-electron chi connectivity index (χ4n) is 3.74. The van der Waals surface area contributed by atoms with Crippen LogP contribution in [0.1, 0.15) is 34.0 Å². The van der Waals surface area contributed by atoms with Gasteiger partial charge in [0.25, 0.3) is 0 Å². The van der Waals surface area contributed by atoms with Crippen LogP contribution in [0.2, 0.25) is 5.02 Å². The summed E-state index contributed by atoms with van der Waals surface area (Å²) in [6.07, 6.45) is 0. The number of benzene rings is 3. The normalized spacial score (nSPS) is 14.7. The lowest BCUT2D eigenvalue weighted by Gasteiger charge is -2.29. The minimum Gasteiger partial charge on any atom is -0.497 e. The molecule has 1 aliphatic rings. The molecule has 1 N–H and O–H groups in total. The van der Waals surface area contributed by atoms with E-state index in [0.717, 1.165) is 5.56 Å². The lowest BCUT2D eigenvalue weighted by molar-refractivity contribution is -0.129. The molecule has 0 bridgehead atoms. The zero-order valence-corrected chi connectivity index (χ0v) is 18.4. The molecule has 3 aromatic rings. The molecule has 32 heavy (non-hydrogen) atoms. The van der Waals surface area contributed by atoms with Gasteiger partial charge in [0.1, 0.15) is 5.75 Å². The first-order chi connectivity index (χ1) is 15.4. The van der Waals surface area contributed by atoms with Gasteiger partial charge in [-0.05, 0) is 36.4 Å². The van der Waals surface area contributed by atoms with E-state index in [2.05, 4.69) is 5.32 Å². The van der Waals surface area contributed by atoms with Crippen molar-refractivity contribution in [2.24, 2.45) is 0 Å². The molecule has 6 nitrogen and oxygen atoms in total. The Morgan fingerprint density at radius 1 is 0.969 bits per heavy atom. The average molecular weight is 452 g/mol. The van der Waals surface area contributed by atoms with Crippen molar-refractivity contribution in [1.82, 2.24) is 0 Å². The number of nitrogens with one attached hydrogen (secondary N) is 1. The molecule has 0 aromatic heterocycles. The highest BCUT2D eigenvalue weighted by Crippen LogP contribution is 2.40. The molecule has 0 saturated carbocycles. The van der Waals surface area contributed by atoms with Crippen LogP contribution in [0.3, 0.4) is 0 Å². The number of rotatable bonds is 6. The van der Waals surface area contributed by atoms with Crippen molar-refractivity contribution in [3.8, 4) is 5.75 Å². The third-order valence-electron chi connectivity index (χ3n) is 5.21. The maximum absolute atomic E-state index is 13.5. The van der Waals surface area contributed by atoms with E-state index >= 15 is 0 Å². The zero-order valence-electron chi connectivity index (χ0n) is 17.7. The van der Waals surface area contributed by atoms with Gasteiger partial charge in [-0.1, -0.05) is 41.9 Å². The van der Waals surface area contributed by atoms with Crippen LogP contribution in [-0.4, -0.2) is 32.0 Å². The van der Waals surface area contributed by atoms with Crippen LogP contribution in [0.5, 0.6) is 5.75 Å². The molecule has 0 spiro atoms. The summed E-state index contributed by atoms with van der Waals surface area (Å²) in [5, 5.41) is 3.33. The number of methoxy groups -OCH3 is 1. The number of anilines is 1. The standard InChI is InChI=1S/C25H22ClNO5/c1-16(28)27-23-11-8-19(15-22(23)24(29)17-4-3-5-21(14-17)30-2)25(31-12-13-32-25)18-6-9-20(26)10-7-18/h3-11,14-15H,12-13H2,1-2H3,(H,27,28). The first kappa shape index (κ1) is 22.0. The fourth-order valence-corrected chi connectivity index (χ4v) is 3.86. The SMILES string of the molecule is COc1cccc(C(=O)c2cc(C3(c4ccc(Cl)cc4)OCCO3)ccc2NC(C)=O)c1. The molecule has 0 radical (unpaired) electrons. The Morgan fingerprint density at radius 2 is 1.66 bits per heavy atom. The van der Waals surface area contributed by atoms with Gasteiger partial charge < -0.3 is 19.5 Å². The van der Waals surface area contributed by atoms with Crippen molar-refractivity contribution in [2.75, 3.05) is 25.6 Å². The van der Waals surface area contributed by atoms with E-state index in [9.17, 15) is 9.59 Å². The molecular weight excluding hydrogens is 430 g/mol. The van der Waals surface area contributed by atoms with Gasteiger partial charge in [-0.15, -0.1) is 0 Å². The smallest absolute Gasteiger partial charge is 0.222 e. The third-order valence-corrected chi connectivity index (χ3v) is 5.46. The first-order valence-electron chi connectivity index (χ1n) is 10.1. The summed E-state index contributed by atoms with van der Waals surface area (Å²) in [6, 6.07) is 19.2. The highest BCUT2D eigenvalue weighted by molar-refractivity contribution is 6.30. The second-order valence-electron chi connectivity index (χ2n) is 7.32. The largest absolute Gasteiger partial charge is 0.497 e. The summed E-state index contributed by atoms with van der Waals surface area (Å²) >= 11 is 6.06. The summed E-state index contributed by atoms with van der Waals surface area (Å²) in [6.45, 7) is 2.19. The Morgan fingerprint density at radius 3 is 2.31 bits per heavy atom. The van der Waals surface area contributed by atoms with Gasteiger partial charge in [0.05, 0.1) is 26.0 Å². The van der Waals surface area contributed by atoms with E-state index in [-0.39, 0.29) is 11.7 Å². The fraction of sp³-hybridized carbons (Fsp3) is 0.200. The predicted molar refractivity (Wildman–Crippen MR) is 121 cm³/mol.